The van der Waals surface area contributed by atoms with Crippen molar-refractivity contribution in [2.45, 2.75) is 63.2 Å². The van der Waals surface area contributed by atoms with Crippen LogP contribution in [0.1, 0.15) is 54.7 Å². The summed E-state index contributed by atoms with van der Waals surface area (Å²) < 4.78 is 2.39. The number of hydrogen-bond acceptors (Lipinski definition) is 6. The number of aryl methyl sites for hydroxylation is 2. The maximum absolute atomic E-state index is 4.54. The molecule has 0 aliphatic heterocycles. The molecule has 0 atom stereocenters. The van der Waals surface area contributed by atoms with E-state index < -0.39 is 0 Å². The highest BCUT2D eigenvalue weighted by Gasteiger charge is 2.23. The molecular weight excluding hydrogens is 390 g/mol. The Labute approximate surface area is 176 Å². The fourth-order valence-corrected chi connectivity index (χ4v) is 4.95. The van der Waals surface area contributed by atoms with E-state index in [2.05, 4.69) is 46.6 Å². The summed E-state index contributed by atoms with van der Waals surface area (Å²) in [5.41, 5.74) is 1.09. The van der Waals surface area contributed by atoms with Crippen LogP contribution in [0.2, 0.25) is 0 Å². The highest BCUT2D eigenvalue weighted by Crippen LogP contribution is 2.33. The predicted molar refractivity (Wildman–Crippen MR) is 117 cm³/mol. The Morgan fingerprint density at radius 2 is 2.18 bits per heavy atom. The van der Waals surface area contributed by atoms with Crippen LogP contribution in [0.25, 0.3) is 0 Å². The van der Waals surface area contributed by atoms with E-state index in [-0.39, 0.29) is 0 Å². The molecule has 1 saturated carbocycles. The molecule has 28 heavy (non-hydrogen) atoms. The van der Waals surface area contributed by atoms with Crippen LogP contribution in [0.5, 0.6) is 0 Å². The van der Waals surface area contributed by atoms with Crippen molar-refractivity contribution in [3.63, 3.8) is 0 Å². The van der Waals surface area contributed by atoms with Gasteiger partial charge in [0, 0.05) is 38.5 Å². The third-order valence-corrected chi connectivity index (χ3v) is 6.57. The third-order valence-electron chi connectivity index (χ3n) is 5.11. The first-order valence-electron chi connectivity index (χ1n) is 9.93. The lowest BCUT2D eigenvalue weighted by Crippen LogP contribution is -2.39. The van der Waals surface area contributed by atoms with Gasteiger partial charge < -0.3 is 14.8 Å². The number of rotatable bonds is 8. The molecular formula is C19H31N7S2. The van der Waals surface area contributed by atoms with Crippen LogP contribution in [0.4, 0.5) is 0 Å². The van der Waals surface area contributed by atoms with E-state index in [1.807, 2.05) is 21.0 Å². The van der Waals surface area contributed by atoms with Gasteiger partial charge in [-0.15, -0.1) is 21.5 Å². The van der Waals surface area contributed by atoms with E-state index in [0.29, 0.717) is 6.04 Å². The summed E-state index contributed by atoms with van der Waals surface area (Å²) >= 11 is 3.39. The SMILES string of the molecule is CN=C(NCCCc1nnc(SC)n1C1CCCC1)N(C)Cc1csc(C)n1. The summed E-state index contributed by atoms with van der Waals surface area (Å²) in [6, 6.07) is 0.584. The number of aliphatic imine (C=N–C) groups is 1. The van der Waals surface area contributed by atoms with Gasteiger partial charge in [-0.1, -0.05) is 24.6 Å². The van der Waals surface area contributed by atoms with Gasteiger partial charge in [-0.05, 0) is 32.4 Å². The van der Waals surface area contributed by atoms with E-state index in [1.165, 1.54) is 25.7 Å². The molecule has 2 aromatic rings. The van der Waals surface area contributed by atoms with Gasteiger partial charge in [0.1, 0.15) is 5.82 Å². The molecule has 2 aromatic heterocycles. The van der Waals surface area contributed by atoms with Crippen molar-refractivity contribution in [2.24, 2.45) is 4.99 Å². The summed E-state index contributed by atoms with van der Waals surface area (Å²) in [6.45, 7) is 3.66. The molecule has 154 valence electrons. The van der Waals surface area contributed by atoms with Crippen LogP contribution in [-0.2, 0) is 13.0 Å². The normalized spacial score (nSPS) is 15.4. The highest BCUT2D eigenvalue weighted by atomic mass is 32.2. The van der Waals surface area contributed by atoms with Crippen molar-refractivity contribution in [1.29, 1.82) is 0 Å². The fourth-order valence-electron chi connectivity index (χ4n) is 3.78. The second kappa shape index (κ2) is 10.2. The Balaban J connectivity index is 1.50. The first-order chi connectivity index (χ1) is 13.6. The van der Waals surface area contributed by atoms with Gasteiger partial charge in [-0.3, -0.25) is 4.99 Å². The van der Waals surface area contributed by atoms with Crippen molar-refractivity contribution in [3.05, 3.63) is 21.9 Å². The zero-order valence-corrected chi connectivity index (χ0v) is 18.9. The zero-order chi connectivity index (χ0) is 19.9. The lowest BCUT2D eigenvalue weighted by molar-refractivity contribution is 0.456. The van der Waals surface area contributed by atoms with Crippen molar-refractivity contribution in [3.8, 4) is 0 Å². The lowest BCUT2D eigenvalue weighted by Gasteiger charge is -2.21. The molecule has 1 aliphatic rings. The maximum atomic E-state index is 4.54. The van der Waals surface area contributed by atoms with Crippen molar-refractivity contribution in [1.82, 2.24) is 30.0 Å². The second-order valence-corrected chi connectivity index (χ2v) is 9.04. The van der Waals surface area contributed by atoms with E-state index in [0.717, 1.165) is 53.6 Å². The van der Waals surface area contributed by atoms with E-state index in [9.17, 15) is 0 Å². The van der Waals surface area contributed by atoms with Crippen molar-refractivity contribution in [2.75, 3.05) is 26.9 Å². The standard InChI is InChI=1S/C19H31N7S2/c1-14-22-15(13-28-14)12-25(3)18(20-2)21-11-7-10-17-23-24-19(27-4)26(17)16-8-5-6-9-16/h13,16H,5-12H2,1-4H3,(H,20,21). The van der Waals surface area contributed by atoms with Gasteiger partial charge >= 0.3 is 0 Å². The number of thioether (sulfide) groups is 1. The summed E-state index contributed by atoms with van der Waals surface area (Å²) in [5.74, 6) is 2.02. The molecule has 1 aliphatic carbocycles. The van der Waals surface area contributed by atoms with Gasteiger partial charge in [0.2, 0.25) is 0 Å². The van der Waals surface area contributed by atoms with E-state index in [4.69, 9.17) is 0 Å². The van der Waals surface area contributed by atoms with Gasteiger partial charge in [0.25, 0.3) is 0 Å². The molecule has 0 radical (unpaired) electrons. The Morgan fingerprint density at radius 1 is 1.39 bits per heavy atom. The largest absolute Gasteiger partial charge is 0.356 e. The van der Waals surface area contributed by atoms with E-state index >= 15 is 0 Å². The van der Waals surface area contributed by atoms with Crippen LogP contribution in [-0.4, -0.2) is 57.5 Å². The smallest absolute Gasteiger partial charge is 0.193 e. The average molecular weight is 422 g/mol. The lowest BCUT2D eigenvalue weighted by atomic mass is 10.2. The van der Waals surface area contributed by atoms with Gasteiger partial charge in [-0.25, -0.2) is 4.98 Å². The van der Waals surface area contributed by atoms with Gasteiger partial charge in [-0.2, -0.15) is 0 Å². The molecule has 3 rings (SSSR count). The fraction of sp³-hybridized carbons (Fsp3) is 0.684. The molecule has 0 bridgehead atoms. The maximum Gasteiger partial charge on any atom is 0.193 e. The Morgan fingerprint density at radius 3 is 2.82 bits per heavy atom. The zero-order valence-electron chi connectivity index (χ0n) is 17.3. The average Bonchev–Trinajstić information content (AvgIpc) is 3.42. The summed E-state index contributed by atoms with van der Waals surface area (Å²) in [6.07, 6.45) is 9.17. The summed E-state index contributed by atoms with van der Waals surface area (Å²) in [4.78, 5) is 11.1. The molecule has 7 nitrogen and oxygen atoms in total. The first kappa shape index (κ1) is 21.1. The van der Waals surface area contributed by atoms with Crippen molar-refractivity contribution < 1.29 is 0 Å². The monoisotopic (exact) mass is 421 g/mol. The van der Waals surface area contributed by atoms with Crippen LogP contribution in [0, 0.1) is 6.92 Å². The molecule has 0 spiro atoms. The van der Waals surface area contributed by atoms with E-state index in [1.54, 1.807) is 23.1 Å². The third kappa shape index (κ3) is 5.26. The molecule has 2 heterocycles. The number of nitrogens with one attached hydrogen (secondary N) is 1. The minimum atomic E-state index is 0.584. The van der Waals surface area contributed by atoms with Crippen LogP contribution < -0.4 is 5.32 Å². The quantitative estimate of drug-likeness (QED) is 0.304. The Hall–Kier alpha value is -1.61. The molecule has 1 fully saturated rings. The van der Waals surface area contributed by atoms with Gasteiger partial charge in [0.15, 0.2) is 11.1 Å². The van der Waals surface area contributed by atoms with Crippen LogP contribution >= 0.6 is 23.1 Å². The van der Waals surface area contributed by atoms with Crippen molar-refractivity contribution >= 4 is 29.1 Å². The number of nitrogens with zero attached hydrogens (tertiary/aromatic N) is 6. The summed E-state index contributed by atoms with van der Waals surface area (Å²) in [5, 5.41) is 16.6. The van der Waals surface area contributed by atoms with Crippen LogP contribution in [0.15, 0.2) is 15.5 Å². The molecule has 0 saturated heterocycles. The number of guanidine groups is 1. The number of aromatic nitrogens is 4. The number of hydrogen-bond donors (Lipinski definition) is 1. The Bertz CT molecular complexity index is 777. The minimum Gasteiger partial charge on any atom is -0.356 e. The van der Waals surface area contributed by atoms with Gasteiger partial charge in [0.05, 0.1) is 17.2 Å². The molecule has 0 amide bonds. The second-order valence-electron chi connectivity index (χ2n) is 7.20. The molecule has 1 N–H and O–H groups in total. The minimum absolute atomic E-state index is 0.584. The topological polar surface area (TPSA) is 71.2 Å². The predicted octanol–water partition coefficient (Wildman–Crippen LogP) is 3.52. The first-order valence-corrected chi connectivity index (χ1v) is 12.0. The van der Waals surface area contributed by atoms with Crippen LogP contribution in [0.3, 0.4) is 0 Å². The molecule has 0 unspecified atom stereocenters. The molecule has 9 heteroatoms. The molecule has 0 aromatic carbocycles. The highest BCUT2D eigenvalue weighted by molar-refractivity contribution is 7.98. The number of thiazole rings is 1. The summed E-state index contributed by atoms with van der Waals surface area (Å²) in [7, 11) is 3.87. The Kier molecular flexibility index (Phi) is 7.73.